The number of methoxy groups -OCH3 is 1. The van der Waals surface area contributed by atoms with E-state index in [2.05, 4.69) is 14.5 Å². The van der Waals surface area contributed by atoms with Crippen molar-refractivity contribution in [2.24, 2.45) is 0 Å². The SMILES string of the molecule is COc1ncc(I)c(OC(F)(F)F)c1C=O. The van der Waals surface area contributed by atoms with Gasteiger partial charge >= 0.3 is 6.36 Å². The monoisotopic (exact) mass is 347 g/mol. The molecule has 0 amide bonds. The molecule has 1 heterocycles. The Kier molecular flexibility index (Phi) is 3.94. The molecule has 0 aliphatic rings. The summed E-state index contributed by atoms with van der Waals surface area (Å²) in [6, 6.07) is 0. The molecule has 8 heteroatoms. The maximum atomic E-state index is 12.1. The maximum Gasteiger partial charge on any atom is 0.573 e. The lowest BCUT2D eigenvalue weighted by Crippen LogP contribution is -2.19. The molecule has 0 bridgehead atoms. The highest BCUT2D eigenvalue weighted by atomic mass is 127. The molecule has 0 fully saturated rings. The van der Waals surface area contributed by atoms with E-state index in [1.54, 1.807) is 22.6 Å². The van der Waals surface area contributed by atoms with Crippen molar-refractivity contribution < 1.29 is 27.4 Å². The standard InChI is InChI=1S/C8H5F3INO3/c1-15-7-4(3-14)6(5(12)2-13-7)16-8(9,10)11/h2-3H,1H3. The largest absolute Gasteiger partial charge is 0.573 e. The number of nitrogens with zero attached hydrogens (tertiary/aromatic N) is 1. The molecule has 0 atom stereocenters. The van der Waals surface area contributed by atoms with Gasteiger partial charge in [0.15, 0.2) is 12.0 Å². The average Bonchev–Trinajstić information content (AvgIpc) is 2.19. The maximum absolute atomic E-state index is 12.1. The lowest BCUT2D eigenvalue weighted by Gasteiger charge is -2.13. The number of alkyl halides is 3. The summed E-state index contributed by atoms with van der Waals surface area (Å²) >= 11 is 1.58. The lowest BCUT2D eigenvalue weighted by atomic mass is 10.2. The van der Waals surface area contributed by atoms with Crippen LogP contribution in [0.1, 0.15) is 10.4 Å². The molecule has 0 aliphatic carbocycles. The predicted octanol–water partition coefficient (Wildman–Crippen LogP) is 2.41. The van der Waals surface area contributed by atoms with Crippen LogP contribution in [0, 0.1) is 3.57 Å². The van der Waals surface area contributed by atoms with E-state index in [0.717, 1.165) is 6.20 Å². The third-order valence-corrected chi connectivity index (χ3v) is 2.28. The van der Waals surface area contributed by atoms with Gasteiger partial charge in [-0.1, -0.05) is 0 Å². The van der Waals surface area contributed by atoms with E-state index >= 15 is 0 Å². The fraction of sp³-hybridized carbons (Fsp3) is 0.250. The summed E-state index contributed by atoms with van der Waals surface area (Å²) in [5, 5.41) is 0. The summed E-state index contributed by atoms with van der Waals surface area (Å²) in [5.41, 5.74) is -0.369. The van der Waals surface area contributed by atoms with Crippen LogP contribution in [0.3, 0.4) is 0 Å². The van der Waals surface area contributed by atoms with E-state index < -0.39 is 12.1 Å². The Bertz CT molecular complexity index is 408. The molecule has 0 saturated heterocycles. The Labute approximate surface area is 102 Å². The Morgan fingerprint density at radius 2 is 2.12 bits per heavy atom. The quantitative estimate of drug-likeness (QED) is 0.623. The zero-order valence-corrected chi connectivity index (χ0v) is 10.00. The van der Waals surface area contributed by atoms with Gasteiger partial charge in [-0.3, -0.25) is 4.79 Å². The second-order valence-electron chi connectivity index (χ2n) is 2.52. The zero-order chi connectivity index (χ0) is 12.3. The van der Waals surface area contributed by atoms with Gasteiger partial charge in [0.25, 0.3) is 0 Å². The van der Waals surface area contributed by atoms with E-state index in [1.165, 1.54) is 7.11 Å². The highest BCUT2D eigenvalue weighted by Gasteiger charge is 2.34. The van der Waals surface area contributed by atoms with E-state index in [0.29, 0.717) is 0 Å². The van der Waals surface area contributed by atoms with Crippen LogP contribution in [0.15, 0.2) is 6.20 Å². The van der Waals surface area contributed by atoms with Gasteiger partial charge in [-0.2, -0.15) is 0 Å². The number of pyridine rings is 1. The smallest absolute Gasteiger partial charge is 0.480 e. The number of aldehydes is 1. The van der Waals surface area contributed by atoms with Crippen molar-refractivity contribution in [3.8, 4) is 11.6 Å². The van der Waals surface area contributed by atoms with Crippen LogP contribution in [0.5, 0.6) is 11.6 Å². The fourth-order valence-electron chi connectivity index (χ4n) is 0.955. The molecule has 0 unspecified atom stereocenters. The van der Waals surface area contributed by atoms with E-state index in [1.807, 2.05) is 0 Å². The molecule has 0 aliphatic heterocycles. The minimum atomic E-state index is -4.87. The third kappa shape index (κ3) is 2.97. The highest BCUT2D eigenvalue weighted by molar-refractivity contribution is 14.1. The van der Waals surface area contributed by atoms with Crippen LogP contribution < -0.4 is 9.47 Å². The van der Waals surface area contributed by atoms with Gasteiger partial charge < -0.3 is 9.47 Å². The summed E-state index contributed by atoms with van der Waals surface area (Å²) < 4.78 is 44.7. The van der Waals surface area contributed by atoms with Crippen LogP contribution in [0.25, 0.3) is 0 Å². The number of carbonyl (C=O) groups is 1. The van der Waals surface area contributed by atoms with Gasteiger partial charge in [-0.15, -0.1) is 13.2 Å². The summed E-state index contributed by atoms with van der Waals surface area (Å²) in [6.07, 6.45) is -3.55. The second kappa shape index (κ2) is 4.85. The topological polar surface area (TPSA) is 48.4 Å². The van der Waals surface area contributed by atoms with Gasteiger partial charge in [-0.25, -0.2) is 4.98 Å². The molecule has 88 valence electrons. The van der Waals surface area contributed by atoms with Crippen LogP contribution in [-0.2, 0) is 0 Å². The average molecular weight is 347 g/mol. The predicted molar refractivity (Wildman–Crippen MR) is 55.6 cm³/mol. The number of halogens is 4. The van der Waals surface area contributed by atoms with Crippen LogP contribution in [0.2, 0.25) is 0 Å². The third-order valence-electron chi connectivity index (χ3n) is 1.52. The molecule has 1 rings (SSSR count). The van der Waals surface area contributed by atoms with Gasteiger partial charge in [0, 0.05) is 6.20 Å². The van der Waals surface area contributed by atoms with Gasteiger partial charge in [0.05, 0.1) is 10.7 Å². The molecule has 0 aromatic carbocycles. The van der Waals surface area contributed by atoms with Crippen molar-refractivity contribution in [1.82, 2.24) is 4.98 Å². The minimum Gasteiger partial charge on any atom is -0.480 e. The summed E-state index contributed by atoms with van der Waals surface area (Å²) in [6.45, 7) is 0. The van der Waals surface area contributed by atoms with Crippen molar-refractivity contribution in [2.75, 3.05) is 7.11 Å². The fourth-order valence-corrected chi connectivity index (χ4v) is 1.50. The molecule has 16 heavy (non-hydrogen) atoms. The normalized spacial score (nSPS) is 11.1. The molecular formula is C8H5F3INO3. The van der Waals surface area contributed by atoms with Crippen molar-refractivity contribution in [1.29, 1.82) is 0 Å². The van der Waals surface area contributed by atoms with Gasteiger partial charge in [0.2, 0.25) is 5.88 Å². The number of hydrogen-bond donors (Lipinski definition) is 0. The number of carbonyl (C=O) groups excluding carboxylic acids is 1. The van der Waals surface area contributed by atoms with Crippen LogP contribution in [0.4, 0.5) is 13.2 Å². The first-order valence-electron chi connectivity index (χ1n) is 3.82. The molecule has 0 N–H and O–H groups in total. The zero-order valence-electron chi connectivity index (χ0n) is 7.84. The molecule has 0 spiro atoms. The minimum absolute atomic E-state index is 0.0674. The van der Waals surface area contributed by atoms with E-state index in [-0.39, 0.29) is 21.3 Å². The van der Waals surface area contributed by atoms with Crippen molar-refractivity contribution in [3.63, 3.8) is 0 Å². The summed E-state index contributed by atoms with van der Waals surface area (Å²) in [4.78, 5) is 14.3. The second-order valence-corrected chi connectivity index (χ2v) is 3.69. The number of aromatic nitrogens is 1. The van der Waals surface area contributed by atoms with Gasteiger partial charge in [0.1, 0.15) is 5.56 Å². The molecule has 1 aromatic rings. The first-order chi connectivity index (χ1) is 7.39. The van der Waals surface area contributed by atoms with Crippen molar-refractivity contribution in [2.45, 2.75) is 6.36 Å². The molecule has 0 saturated carbocycles. The lowest BCUT2D eigenvalue weighted by molar-refractivity contribution is -0.275. The van der Waals surface area contributed by atoms with Crippen molar-refractivity contribution >= 4 is 28.9 Å². The molecule has 4 nitrogen and oxygen atoms in total. The van der Waals surface area contributed by atoms with E-state index in [9.17, 15) is 18.0 Å². The Morgan fingerprint density at radius 1 is 1.50 bits per heavy atom. The molecule has 0 radical (unpaired) electrons. The van der Waals surface area contributed by atoms with E-state index in [4.69, 9.17) is 0 Å². The summed E-state index contributed by atoms with van der Waals surface area (Å²) in [5.74, 6) is -0.815. The first kappa shape index (κ1) is 13.0. The Balaban J connectivity index is 3.29. The number of hydrogen-bond acceptors (Lipinski definition) is 4. The molecular weight excluding hydrogens is 342 g/mol. The summed E-state index contributed by atoms with van der Waals surface area (Å²) in [7, 11) is 1.19. The Morgan fingerprint density at radius 3 is 2.56 bits per heavy atom. The Hall–Kier alpha value is -1.06. The molecule has 1 aromatic heterocycles. The van der Waals surface area contributed by atoms with Crippen molar-refractivity contribution in [3.05, 3.63) is 15.3 Å². The number of ether oxygens (including phenoxy) is 2. The van der Waals surface area contributed by atoms with Crippen LogP contribution >= 0.6 is 22.6 Å². The first-order valence-corrected chi connectivity index (χ1v) is 4.90. The van der Waals surface area contributed by atoms with Crippen LogP contribution in [-0.4, -0.2) is 24.7 Å². The number of rotatable bonds is 3. The van der Waals surface area contributed by atoms with Gasteiger partial charge in [-0.05, 0) is 22.6 Å². The highest BCUT2D eigenvalue weighted by Crippen LogP contribution is 2.33.